The highest BCUT2D eigenvalue weighted by atomic mass is 16.3. The largest absolute Gasteiger partial charge is 0.393 e. The molecule has 0 aromatic rings. The highest BCUT2D eigenvalue weighted by molar-refractivity contribution is 4.80. The molecule has 0 atom stereocenters. The molecule has 3 heteroatoms. The molecule has 0 aromatic carbocycles. The van der Waals surface area contributed by atoms with Crippen LogP contribution in [0.2, 0.25) is 0 Å². The fourth-order valence-electron chi connectivity index (χ4n) is 1.47. The van der Waals surface area contributed by atoms with Gasteiger partial charge in [0.05, 0.1) is 12.2 Å². The van der Waals surface area contributed by atoms with Crippen LogP contribution in [0.25, 0.3) is 0 Å². The minimum atomic E-state index is -0.0455. The first-order chi connectivity index (χ1) is 5.83. The molecule has 1 aliphatic rings. The van der Waals surface area contributed by atoms with Crippen LogP contribution in [-0.4, -0.2) is 24.3 Å². The Morgan fingerprint density at radius 1 is 1.50 bits per heavy atom. The van der Waals surface area contributed by atoms with Crippen LogP contribution in [0.15, 0.2) is 0 Å². The Bertz CT molecular complexity index is 158. The number of hydrogen-bond donors (Lipinski definition) is 2. The van der Waals surface area contributed by atoms with Crippen molar-refractivity contribution in [3.8, 4) is 6.07 Å². The van der Waals surface area contributed by atoms with Crippen LogP contribution in [0.1, 0.15) is 25.7 Å². The summed E-state index contributed by atoms with van der Waals surface area (Å²) in [6.45, 7) is 1.93. The van der Waals surface area contributed by atoms with Crippen LogP contribution in [0.4, 0.5) is 0 Å². The van der Waals surface area contributed by atoms with Crippen molar-refractivity contribution in [3.05, 3.63) is 0 Å². The molecule has 0 saturated heterocycles. The second-order valence-electron chi connectivity index (χ2n) is 3.46. The van der Waals surface area contributed by atoms with Crippen molar-refractivity contribution in [1.82, 2.24) is 5.32 Å². The summed E-state index contributed by atoms with van der Waals surface area (Å²) in [5.41, 5.74) is 0. The molecule has 1 aliphatic carbocycles. The highest BCUT2D eigenvalue weighted by Crippen LogP contribution is 2.25. The molecule has 0 unspecified atom stereocenters. The number of hydrogen-bond acceptors (Lipinski definition) is 3. The average molecular weight is 168 g/mol. The summed E-state index contributed by atoms with van der Waals surface area (Å²) in [5, 5.41) is 20.5. The Kier molecular flexibility index (Phi) is 4.06. The maximum absolute atomic E-state index is 8.99. The van der Waals surface area contributed by atoms with Crippen molar-refractivity contribution in [2.24, 2.45) is 5.92 Å². The van der Waals surface area contributed by atoms with Crippen molar-refractivity contribution >= 4 is 0 Å². The monoisotopic (exact) mass is 168 g/mol. The molecule has 2 N–H and O–H groups in total. The summed E-state index contributed by atoms with van der Waals surface area (Å²) < 4.78 is 0. The lowest BCUT2D eigenvalue weighted by Gasteiger charge is -2.31. The Labute approximate surface area is 73.4 Å². The van der Waals surface area contributed by atoms with Gasteiger partial charge in [0.2, 0.25) is 0 Å². The molecule has 1 saturated carbocycles. The second-order valence-corrected chi connectivity index (χ2v) is 3.46. The molecule has 0 radical (unpaired) electrons. The normalized spacial score (nSPS) is 27.7. The van der Waals surface area contributed by atoms with Crippen LogP contribution in [0.5, 0.6) is 0 Å². The topological polar surface area (TPSA) is 56.0 Å². The summed E-state index contributed by atoms with van der Waals surface area (Å²) in [6, 6.07) is 2.11. The summed E-state index contributed by atoms with van der Waals surface area (Å²) in [4.78, 5) is 0. The molecule has 1 fully saturated rings. The number of aliphatic hydroxyl groups is 1. The van der Waals surface area contributed by atoms with Gasteiger partial charge in [0, 0.05) is 6.42 Å². The Balaban J connectivity index is 1.81. The number of nitriles is 1. The fourth-order valence-corrected chi connectivity index (χ4v) is 1.47. The Morgan fingerprint density at radius 2 is 2.25 bits per heavy atom. The summed E-state index contributed by atoms with van der Waals surface area (Å²) >= 11 is 0. The first kappa shape index (κ1) is 9.50. The zero-order chi connectivity index (χ0) is 8.81. The van der Waals surface area contributed by atoms with Crippen molar-refractivity contribution in [2.75, 3.05) is 13.1 Å². The predicted molar refractivity (Wildman–Crippen MR) is 46.4 cm³/mol. The molecule has 68 valence electrons. The molecule has 0 spiro atoms. The Morgan fingerprint density at radius 3 is 2.83 bits per heavy atom. The summed E-state index contributed by atoms with van der Waals surface area (Å²) in [6.07, 6.45) is 3.43. The first-order valence-corrected chi connectivity index (χ1v) is 4.58. The van der Waals surface area contributed by atoms with E-state index in [1.807, 2.05) is 0 Å². The zero-order valence-electron chi connectivity index (χ0n) is 7.29. The van der Waals surface area contributed by atoms with Crippen LogP contribution < -0.4 is 5.32 Å². The maximum atomic E-state index is 8.99. The first-order valence-electron chi connectivity index (χ1n) is 4.58. The highest BCUT2D eigenvalue weighted by Gasteiger charge is 2.26. The van der Waals surface area contributed by atoms with Crippen molar-refractivity contribution < 1.29 is 5.11 Å². The molecule has 0 bridgehead atoms. The van der Waals surface area contributed by atoms with Gasteiger partial charge in [0.25, 0.3) is 0 Å². The molecular weight excluding hydrogens is 152 g/mol. The van der Waals surface area contributed by atoms with Crippen LogP contribution in [0, 0.1) is 17.2 Å². The lowest BCUT2D eigenvalue weighted by molar-refractivity contribution is 0.0432. The second kappa shape index (κ2) is 5.13. The minimum Gasteiger partial charge on any atom is -0.393 e. The van der Waals surface area contributed by atoms with E-state index in [1.54, 1.807) is 0 Å². The minimum absolute atomic E-state index is 0.0455. The van der Waals surface area contributed by atoms with Crippen molar-refractivity contribution in [2.45, 2.75) is 31.8 Å². The quantitative estimate of drug-likeness (QED) is 0.593. The van der Waals surface area contributed by atoms with E-state index in [4.69, 9.17) is 10.4 Å². The lowest BCUT2D eigenvalue weighted by Crippen LogP contribution is -2.36. The van der Waals surface area contributed by atoms with E-state index >= 15 is 0 Å². The molecule has 3 nitrogen and oxygen atoms in total. The van der Waals surface area contributed by atoms with E-state index in [9.17, 15) is 0 Å². The fraction of sp³-hybridized carbons (Fsp3) is 0.889. The standard InChI is InChI=1S/C9H16N2O/c10-3-1-2-4-11-7-8-5-9(12)6-8/h8-9,11-12H,1-2,4-7H2. The van der Waals surface area contributed by atoms with E-state index in [1.165, 1.54) is 0 Å². The van der Waals surface area contributed by atoms with Gasteiger partial charge >= 0.3 is 0 Å². The molecule has 12 heavy (non-hydrogen) atoms. The molecule has 0 aromatic heterocycles. The SMILES string of the molecule is N#CCCCNCC1CC(O)C1. The third-order valence-corrected chi connectivity index (χ3v) is 2.29. The summed E-state index contributed by atoms with van der Waals surface area (Å²) in [5.74, 6) is 0.669. The van der Waals surface area contributed by atoms with Gasteiger partial charge in [-0.25, -0.2) is 0 Å². The van der Waals surface area contributed by atoms with Crippen LogP contribution in [0.3, 0.4) is 0 Å². The number of rotatable bonds is 5. The Hall–Kier alpha value is -0.590. The van der Waals surface area contributed by atoms with E-state index in [0.717, 1.165) is 32.4 Å². The predicted octanol–water partition coefficient (Wildman–Crippen LogP) is 0.651. The average Bonchev–Trinajstić information content (AvgIpc) is 2.00. The number of nitrogens with one attached hydrogen (secondary N) is 1. The van der Waals surface area contributed by atoms with Crippen molar-refractivity contribution in [1.29, 1.82) is 5.26 Å². The van der Waals surface area contributed by atoms with Crippen LogP contribution >= 0.6 is 0 Å². The maximum Gasteiger partial charge on any atom is 0.0622 e. The van der Waals surface area contributed by atoms with E-state index < -0.39 is 0 Å². The van der Waals surface area contributed by atoms with Gasteiger partial charge in [-0.1, -0.05) is 0 Å². The van der Waals surface area contributed by atoms with Gasteiger partial charge in [-0.3, -0.25) is 0 Å². The molecule has 0 amide bonds. The smallest absolute Gasteiger partial charge is 0.0622 e. The van der Waals surface area contributed by atoms with Gasteiger partial charge in [0.15, 0.2) is 0 Å². The number of aliphatic hydroxyl groups excluding tert-OH is 1. The van der Waals surface area contributed by atoms with E-state index in [0.29, 0.717) is 12.3 Å². The molecule has 0 aliphatic heterocycles. The summed E-state index contributed by atoms with van der Waals surface area (Å²) in [7, 11) is 0. The van der Waals surface area contributed by atoms with E-state index in [-0.39, 0.29) is 6.10 Å². The molecule has 0 heterocycles. The third kappa shape index (κ3) is 3.21. The zero-order valence-corrected chi connectivity index (χ0v) is 7.29. The van der Waals surface area contributed by atoms with Gasteiger partial charge < -0.3 is 10.4 Å². The molecule has 1 rings (SSSR count). The van der Waals surface area contributed by atoms with Gasteiger partial charge in [-0.2, -0.15) is 5.26 Å². The number of nitrogens with zero attached hydrogens (tertiary/aromatic N) is 1. The van der Waals surface area contributed by atoms with Gasteiger partial charge in [0.1, 0.15) is 0 Å². The van der Waals surface area contributed by atoms with Crippen molar-refractivity contribution in [3.63, 3.8) is 0 Å². The van der Waals surface area contributed by atoms with Gasteiger partial charge in [-0.05, 0) is 38.3 Å². The van der Waals surface area contributed by atoms with Gasteiger partial charge in [-0.15, -0.1) is 0 Å². The number of unbranched alkanes of at least 4 members (excludes halogenated alkanes) is 1. The third-order valence-electron chi connectivity index (χ3n) is 2.29. The molecular formula is C9H16N2O. The lowest BCUT2D eigenvalue weighted by atomic mass is 9.82. The van der Waals surface area contributed by atoms with Crippen LogP contribution in [-0.2, 0) is 0 Å². The van der Waals surface area contributed by atoms with E-state index in [2.05, 4.69) is 11.4 Å².